The van der Waals surface area contributed by atoms with Gasteiger partial charge in [-0.2, -0.15) is 0 Å². The molecule has 0 atom stereocenters. The van der Waals surface area contributed by atoms with Gasteiger partial charge in [-0.3, -0.25) is 4.79 Å². The Bertz CT molecular complexity index is 300. The summed E-state index contributed by atoms with van der Waals surface area (Å²) in [5, 5.41) is 8.45. The van der Waals surface area contributed by atoms with E-state index in [2.05, 4.69) is 0 Å². The minimum Gasteiger partial charge on any atom is -0.505 e. The van der Waals surface area contributed by atoms with Gasteiger partial charge in [-0.05, 0) is 31.6 Å². The number of benzene rings is 1. The van der Waals surface area contributed by atoms with Gasteiger partial charge < -0.3 is 10.8 Å². The predicted molar refractivity (Wildman–Crippen MR) is 57.9 cm³/mol. The number of carbonyl (C=O) groups is 1. The fourth-order valence-corrected chi connectivity index (χ4v) is 0.571. The van der Waals surface area contributed by atoms with Crippen LogP contribution in [0.4, 0.5) is 5.69 Å². The SMILES string of the molecule is CC(C)=C(O)C=O.Nc1ccccc1. The van der Waals surface area contributed by atoms with Gasteiger partial charge >= 0.3 is 0 Å². The highest BCUT2D eigenvalue weighted by molar-refractivity contribution is 5.70. The molecule has 0 aromatic heterocycles. The molecule has 0 aliphatic carbocycles. The maximum absolute atomic E-state index is 9.64. The first-order valence-corrected chi connectivity index (χ1v) is 4.20. The highest BCUT2D eigenvalue weighted by Gasteiger charge is 1.86. The lowest BCUT2D eigenvalue weighted by Gasteiger charge is -1.86. The zero-order valence-electron chi connectivity index (χ0n) is 8.40. The van der Waals surface area contributed by atoms with E-state index in [4.69, 9.17) is 10.8 Å². The lowest BCUT2D eigenvalue weighted by atomic mass is 10.3. The summed E-state index contributed by atoms with van der Waals surface area (Å²) in [5.74, 6) is -0.167. The Morgan fingerprint density at radius 2 is 1.79 bits per heavy atom. The van der Waals surface area contributed by atoms with Gasteiger partial charge in [-0.25, -0.2) is 0 Å². The summed E-state index contributed by atoms with van der Waals surface area (Å²) >= 11 is 0. The molecule has 0 spiro atoms. The Balaban J connectivity index is 0.000000241. The van der Waals surface area contributed by atoms with Gasteiger partial charge in [0.1, 0.15) is 0 Å². The van der Waals surface area contributed by atoms with Crippen LogP contribution >= 0.6 is 0 Å². The number of anilines is 1. The maximum atomic E-state index is 9.64. The van der Waals surface area contributed by atoms with Crippen LogP contribution in [0, 0.1) is 0 Å². The number of hydrogen-bond acceptors (Lipinski definition) is 3. The molecule has 76 valence electrons. The fraction of sp³-hybridized carbons (Fsp3) is 0.182. The Kier molecular flexibility index (Phi) is 5.87. The molecule has 0 aliphatic heterocycles. The Morgan fingerprint density at radius 1 is 1.29 bits per heavy atom. The highest BCUT2D eigenvalue weighted by atomic mass is 16.3. The molecule has 0 aliphatic rings. The number of aldehydes is 1. The van der Waals surface area contributed by atoms with Crippen LogP contribution in [0.5, 0.6) is 0 Å². The van der Waals surface area contributed by atoms with Crippen molar-refractivity contribution >= 4 is 12.0 Å². The molecule has 3 nitrogen and oxygen atoms in total. The zero-order valence-corrected chi connectivity index (χ0v) is 8.40. The molecule has 0 heterocycles. The summed E-state index contributed by atoms with van der Waals surface area (Å²) in [6, 6.07) is 9.49. The molecule has 1 aromatic rings. The third-order valence-corrected chi connectivity index (χ3v) is 1.42. The number of rotatable bonds is 1. The molecular formula is C11H15NO2. The van der Waals surface area contributed by atoms with Crippen LogP contribution < -0.4 is 5.73 Å². The lowest BCUT2D eigenvalue weighted by Crippen LogP contribution is -1.82. The smallest absolute Gasteiger partial charge is 0.184 e. The topological polar surface area (TPSA) is 63.3 Å². The third kappa shape index (κ3) is 5.83. The number of aliphatic hydroxyl groups excluding tert-OH is 1. The van der Waals surface area contributed by atoms with E-state index in [1.165, 1.54) is 0 Å². The quantitative estimate of drug-likeness (QED) is 0.311. The van der Waals surface area contributed by atoms with Crippen LogP contribution in [0.15, 0.2) is 41.7 Å². The zero-order chi connectivity index (χ0) is 11.0. The largest absolute Gasteiger partial charge is 0.505 e. The van der Waals surface area contributed by atoms with E-state index < -0.39 is 0 Å². The van der Waals surface area contributed by atoms with Gasteiger partial charge in [0.2, 0.25) is 0 Å². The van der Waals surface area contributed by atoms with Gasteiger partial charge in [-0.15, -0.1) is 0 Å². The van der Waals surface area contributed by atoms with Gasteiger partial charge in [-0.1, -0.05) is 18.2 Å². The molecule has 0 fully saturated rings. The highest BCUT2D eigenvalue weighted by Crippen LogP contribution is 1.95. The summed E-state index contributed by atoms with van der Waals surface area (Å²) < 4.78 is 0. The van der Waals surface area contributed by atoms with Crippen LogP contribution in [0.25, 0.3) is 0 Å². The molecule has 14 heavy (non-hydrogen) atoms. The number of nitrogens with two attached hydrogens (primary N) is 1. The number of nitrogen functional groups attached to an aromatic ring is 1. The normalized spacial score (nSPS) is 8.14. The van der Waals surface area contributed by atoms with E-state index in [0.29, 0.717) is 11.9 Å². The molecule has 1 rings (SSSR count). The Morgan fingerprint density at radius 3 is 1.93 bits per heavy atom. The van der Waals surface area contributed by atoms with Crippen LogP contribution in [0.3, 0.4) is 0 Å². The Hall–Kier alpha value is -1.77. The Labute approximate surface area is 83.9 Å². The van der Waals surface area contributed by atoms with Crippen LogP contribution in [0.1, 0.15) is 13.8 Å². The van der Waals surface area contributed by atoms with Gasteiger partial charge in [0.25, 0.3) is 0 Å². The number of hydrogen-bond donors (Lipinski definition) is 2. The van der Waals surface area contributed by atoms with Crippen molar-refractivity contribution in [3.63, 3.8) is 0 Å². The number of aliphatic hydroxyl groups is 1. The van der Waals surface area contributed by atoms with Gasteiger partial charge in [0.15, 0.2) is 12.0 Å². The number of para-hydroxylation sites is 1. The van der Waals surface area contributed by atoms with E-state index in [1.54, 1.807) is 13.8 Å². The summed E-state index contributed by atoms with van der Waals surface area (Å²) in [5.41, 5.74) is 6.83. The minimum atomic E-state index is -0.167. The summed E-state index contributed by atoms with van der Waals surface area (Å²) in [6.45, 7) is 3.34. The van der Waals surface area contributed by atoms with Crippen molar-refractivity contribution in [1.29, 1.82) is 0 Å². The summed E-state index contributed by atoms with van der Waals surface area (Å²) in [4.78, 5) is 9.64. The van der Waals surface area contributed by atoms with E-state index >= 15 is 0 Å². The second-order valence-corrected chi connectivity index (χ2v) is 2.91. The molecular weight excluding hydrogens is 178 g/mol. The fourth-order valence-electron chi connectivity index (χ4n) is 0.571. The van der Waals surface area contributed by atoms with E-state index in [1.807, 2.05) is 30.3 Å². The van der Waals surface area contributed by atoms with Crippen LogP contribution in [0.2, 0.25) is 0 Å². The van der Waals surface area contributed by atoms with Crippen molar-refractivity contribution in [1.82, 2.24) is 0 Å². The lowest BCUT2D eigenvalue weighted by molar-refractivity contribution is -0.107. The molecule has 1 aromatic carbocycles. The van der Waals surface area contributed by atoms with Gasteiger partial charge in [0, 0.05) is 5.69 Å². The average molecular weight is 193 g/mol. The monoisotopic (exact) mass is 193 g/mol. The average Bonchev–Trinajstić information content (AvgIpc) is 2.18. The van der Waals surface area contributed by atoms with E-state index in [0.717, 1.165) is 5.69 Å². The first-order chi connectivity index (χ1) is 6.57. The van der Waals surface area contributed by atoms with E-state index in [-0.39, 0.29) is 5.76 Å². The van der Waals surface area contributed by atoms with Crippen LogP contribution in [-0.2, 0) is 4.79 Å². The summed E-state index contributed by atoms with van der Waals surface area (Å²) in [7, 11) is 0. The van der Waals surface area contributed by atoms with Crippen LogP contribution in [-0.4, -0.2) is 11.4 Å². The predicted octanol–water partition coefficient (Wildman–Crippen LogP) is 2.31. The molecule has 0 amide bonds. The van der Waals surface area contributed by atoms with Crippen molar-refractivity contribution in [3.8, 4) is 0 Å². The number of allylic oxidation sites excluding steroid dienone is 2. The molecule has 0 saturated carbocycles. The number of carbonyl (C=O) groups excluding carboxylic acids is 1. The minimum absolute atomic E-state index is 0.167. The molecule has 0 radical (unpaired) electrons. The van der Waals surface area contributed by atoms with Gasteiger partial charge in [0.05, 0.1) is 0 Å². The maximum Gasteiger partial charge on any atom is 0.184 e. The molecule has 0 unspecified atom stereocenters. The van der Waals surface area contributed by atoms with Crippen molar-refractivity contribution in [2.45, 2.75) is 13.8 Å². The summed E-state index contributed by atoms with van der Waals surface area (Å²) in [6.07, 6.45) is 0.426. The van der Waals surface area contributed by atoms with Crippen molar-refractivity contribution in [3.05, 3.63) is 41.7 Å². The third-order valence-electron chi connectivity index (χ3n) is 1.42. The van der Waals surface area contributed by atoms with Crippen molar-refractivity contribution in [2.24, 2.45) is 0 Å². The molecule has 0 saturated heterocycles. The van der Waals surface area contributed by atoms with Crippen molar-refractivity contribution in [2.75, 3.05) is 5.73 Å². The second-order valence-electron chi connectivity index (χ2n) is 2.91. The molecule has 3 heteroatoms. The first kappa shape index (κ1) is 12.2. The first-order valence-electron chi connectivity index (χ1n) is 4.20. The van der Waals surface area contributed by atoms with Crippen molar-refractivity contribution < 1.29 is 9.90 Å². The molecule has 3 N–H and O–H groups in total. The van der Waals surface area contributed by atoms with E-state index in [9.17, 15) is 4.79 Å². The second kappa shape index (κ2) is 6.71. The molecule has 0 bridgehead atoms. The standard InChI is InChI=1S/C6H7N.C5H8O2/c7-6-4-2-1-3-5-6;1-4(2)5(7)3-6/h1-5H,7H2;3,7H,1-2H3.